The molecule has 0 saturated carbocycles. The number of carboxylic acid groups (broad SMARTS) is 2. The highest BCUT2D eigenvalue weighted by Gasteiger charge is 2.34. The van der Waals surface area contributed by atoms with Gasteiger partial charge in [0.15, 0.2) is 23.1 Å². The van der Waals surface area contributed by atoms with Gasteiger partial charge in [0.05, 0.1) is 30.2 Å². The van der Waals surface area contributed by atoms with Crippen molar-refractivity contribution in [1.82, 2.24) is 29.1 Å². The summed E-state index contributed by atoms with van der Waals surface area (Å²) in [6.45, 7) is 7.21. The average Bonchev–Trinajstić information content (AvgIpc) is 1.62. The Morgan fingerprint density at radius 1 is 0.472 bits per heavy atom. The zero-order chi connectivity index (χ0) is 76.6. The number of halogens is 2. The van der Waals surface area contributed by atoms with Crippen LogP contribution in [0, 0.1) is 29.4 Å². The highest BCUT2D eigenvalue weighted by Crippen LogP contribution is 2.41. The minimum atomic E-state index is -1.13. The molecule has 1 saturated heterocycles. The van der Waals surface area contributed by atoms with Crippen LogP contribution >= 0.6 is 22.7 Å². The van der Waals surface area contributed by atoms with E-state index in [1.54, 1.807) is 116 Å². The number of para-hydroxylation sites is 4. The molecule has 30 heteroatoms. The van der Waals surface area contributed by atoms with E-state index in [9.17, 15) is 47.1 Å². The fourth-order valence-electron chi connectivity index (χ4n) is 9.04. The number of cyclic esters (lactones) is 2. The summed E-state index contributed by atoms with van der Waals surface area (Å²) in [5.41, 5.74) is 15.6. The number of rotatable bonds is 16. The SMILES string of the molecule is CC(C(=O)Nc1ccccc1)C(=O)Nc1ccc(Oc2ccnc3cc(-c4nccn4C)sc23)c(F)c1.CC(C(=O)O)C(=O)Nc1ccccc1.CC(C(=O)O)C(=O)Nc1ccccc1.CC1(C)OC(=O)CC(=O)O1.Cn1ccnc1-c1cc2nccc(Oc3ccc(N)cc3F)c2s1.Nc1ccccc1. The van der Waals surface area contributed by atoms with Crippen molar-refractivity contribution in [2.75, 3.05) is 32.7 Å². The maximum absolute atomic E-state index is 14.9. The normalized spacial score (nSPS) is 12.5. The largest absolute Gasteiger partial charge is 0.481 e. The molecule has 1 aliphatic heterocycles. The van der Waals surface area contributed by atoms with E-state index in [1.165, 1.54) is 81.6 Å². The number of carbonyl (C=O) groups is 8. The molecule has 3 atom stereocenters. The minimum Gasteiger partial charge on any atom is -0.481 e. The Balaban J connectivity index is 0.000000176. The number of hydrogen-bond acceptors (Lipinski definition) is 20. The lowest BCUT2D eigenvalue weighted by Gasteiger charge is -2.28. The molecule has 546 valence electrons. The van der Waals surface area contributed by atoms with Gasteiger partial charge in [-0.2, -0.15) is 0 Å². The zero-order valence-electron chi connectivity index (χ0n) is 57.9. The van der Waals surface area contributed by atoms with E-state index in [4.69, 9.17) is 31.2 Å². The third kappa shape index (κ3) is 22.9. The van der Waals surface area contributed by atoms with E-state index in [0.717, 1.165) is 48.1 Å². The number of aromatic nitrogens is 6. The number of nitrogen functional groups attached to an aromatic ring is 2. The highest BCUT2D eigenvalue weighted by atomic mass is 32.1. The Hall–Kier alpha value is -13.2. The van der Waals surface area contributed by atoms with E-state index in [-0.39, 0.29) is 23.6 Å². The van der Waals surface area contributed by atoms with Gasteiger partial charge in [-0.25, -0.2) is 18.7 Å². The van der Waals surface area contributed by atoms with Gasteiger partial charge in [0.1, 0.15) is 47.3 Å². The van der Waals surface area contributed by atoms with Crippen molar-refractivity contribution in [3.05, 3.63) is 231 Å². The molecule has 10 N–H and O–H groups in total. The van der Waals surface area contributed by atoms with Gasteiger partial charge >= 0.3 is 23.9 Å². The molecular weight excluding hydrogens is 1410 g/mol. The van der Waals surface area contributed by atoms with Crippen molar-refractivity contribution in [3.63, 3.8) is 0 Å². The smallest absolute Gasteiger partial charge is 0.320 e. The van der Waals surface area contributed by atoms with Gasteiger partial charge in [0, 0.05) is 124 Å². The van der Waals surface area contributed by atoms with Gasteiger partial charge in [-0.3, -0.25) is 48.3 Å². The van der Waals surface area contributed by atoms with Crippen LogP contribution in [0.25, 0.3) is 41.8 Å². The molecule has 4 amide bonds. The number of nitrogens with zero attached hydrogens (tertiary/aromatic N) is 6. The average molecular weight is 1480 g/mol. The van der Waals surface area contributed by atoms with Crippen molar-refractivity contribution >= 4 is 125 Å². The standard InChI is InChI=1S/C27H22FN5O3S.C17H13FN4OS.2C10H11NO3.C6H7N.C6H8O4/c1-16(26(34)31-17-6-4-3-5-7-17)27(35)32-18-8-9-21(19(28)14-18)36-22-10-11-29-20-15-23(37-24(20)22)25-30-12-13-33(25)2;1-22-7-6-21-17(22)15-9-12-16(24-15)14(4-5-20-12)23-13-3-2-10(19)8-11(13)18;2*1-7(10(13)14)9(12)11-8-5-3-2-4-6-8;7-6-4-2-1-3-5-6;1-6(2)9-4(7)3-5(8)10-6/h3-16H,1-2H3,(H,31,34)(H,32,35);2-9H,19H2,1H3;2*2-7H,1H3,(H,11,12)(H,13,14);1-5H,7H2;3H2,1-2H3. The van der Waals surface area contributed by atoms with Crippen LogP contribution in [0.15, 0.2) is 219 Å². The molecule has 3 unspecified atom stereocenters. The fraction of sp³-hybridized carbons (Fsp3) is 0.158. The number of imidazole rings is 2. The number of ether oxygens (including phenoxy) is 4. The number of carbonyl (C=O) groups excluding carboxylic acids is 6. The van der Waals surface area contributed by atoms with E-state index >= 15 is 0 Å². The summed E-state index contributed by atoms with van der Waals surface area (Å²) < 4.78 is 55.3. The van der Waals surface area contributed by atoms with Gasteiger partial charge in [-0.1, -0.05) is 72.8 Å². The third-order valence-electron chi connectivity index (χ3n) is 14.7. The first-order valence-electron chi connectivity index (χ1n) is 32.1. The van der Waals surface area contributed by atoms with Crippen LogP contribution in [-0.4, -0.2) is 92.6 Å². The van der Waals surface area contributed by atoms with Crippen LogP contribution in [0.5, 0.6) is 23.0 Å². The molecule has 26 nitrogen and oxygen atoms in total. The van der Waals surface area contributed by atoms with Crippen LogP contribution in [0.3, 0.4) is 0 Å². The Morgan fingerprint density at radius 3 is 1.18 bits per heavy atom. The molecule has 106 heavy (non-hydrogen) atoms. The Morgan fingerprint density at radius 2 is 0.840 bits per heavy atom. The van der Waals surface area contributed by atoms with Gasteiger partial charge in [0.2, 0.25) is 23.6 Å². The number of carboxylic acids is 2. The lowest BCUT2D eigenvalue weighted by molar-refractivity contribution is -0.231. The van der Waals surface area contributed by atoms with Crippen molar-refractivity contribution in [2.45, 2.75) is 46.8 Å². The van der Waals surface area contributed by atoms with Gasteiger partial charge in [0.25, 0.3) is 5.79 Å². The van der Waals surface area contributed by atoms with Gasteiger partial charge in [-0.15, -0.1) is 22.7 Å². The molecule has 1 aliphatic rings. The monoisotopic (exact) mass is 1480 g/mol. The number of hydrogen-bond donors (Lipinski definition) is 8. The molecule has 0 bridgehead atoms. The summed E-state index contributed by atoms with van der Waals surface area (Å²) in [6, 6.07) is 51.5. The first-order chi connectivity index (χ1) is 50.6. The van der Waals surface area contributed by atoms with Crippen molar-refractivity contribution in [2.24, 2.45) is 31.8 Å². The number of esters is 2. The number of anilines is 6. The van der Waals surface area contributed by atoms with Crippen molar-refractivity contribution in [3.8, 4) is 44.4 Å². The van der Waals surface area contributed by atoms with Crippen LogP contribution in [-0.2, 0) is 61.9 Å². The zero-order valence-corrected chi connectivity index (χ0v) is 59.6. The summed E-state index contributed by atoms with van der Waals surface area (Å²) in [6.07, 6.45) is 10.2. The second kappa shape index (κ2) is 37.1. The van der Waals surface area contributed by atoms with Crippen molar-refractivity contribution < 1.29 is 76.3 Å². The van der Waals surface area contributed by atoms with E-state index in [0.29, 0.717) is 39.8 Å². The number of nitrogens with two attached hydrogens (primary N) is 2. The van der Waals surface area contributed by atoms with Crippen LogP contribution in [0.2, 0.25) is 0 Å². The van der Waals surface area contributed by atoms with Crippen LogP contribution < -0.4 is 42.2 Å². The molecule has 6 aromatic carbocycles. The molecule has 0 spiro atoms. The number of aliphatic carboxylic acids is 2. The van der Waals surface area contributed by atoms with Crippen molar-refractivity contribution in [1.29, 1.82) is 0 Å². The number of thiophene rings is 2. The first kappa shape index (κ1) is 78.5. The predicted molar refractivity (Wildman–Crippen MR) is 399 cm³/mol. The van der Waals surface area contributed by atoms with E-state index < -0.39 is 82.7 Å². The number of amides is 4. The Kier molecular flexibility index (Phi) is 27.5. The van der Waals surface area contributed by atoms with Crippen LogP contribution in [0.1, 0.15) is 41.0 Å². The third-order valence-corrected chi connectivity index (χ3v) is 16.9. The number of fused-ring (bicyclic) bond motifs is 2. The second-order valence-electron chi connectivity index (χ2n) is 23.4. The van der Waals surface area contributed by atoms with E-state index in [2.05, 4.69) is 50.7 Å². The number of pyridine rings is 2. The topological polar surface area (TPSA) is 376 Å². The summed E-state index contributed by atoms with van der Waals surface area (Å²) in [5, 5.41) is 27.4. The first-order valence-corrected chi connectivity index (χ1v) is 33.8. The number of benzene rings is 6. The molecule has 12 aromatic rings. The Bertz CT molecular complexity index is 4960. The van der Waals surface area contributed by atoms with E-state index in [1.807, 2.05) is 96.3 Å². The maximum Gasteiger partial charge on any atom is 0.320 e. The second-order valence-corrected chi connectivity index (χ2v) is 25.5. The molecule has 0 aliphatic carbocycles. The number of nitrogens with one attached hydrogen (secondary N) is 4. The molecule has 1 fully saturated rings. The number of aryl methyl sites for hydroxylation is 2. The fourth-order valence-corrected chi connectivity index (χ4v) is 11.2. The molecule has 6 aromatic heterocycles. The summed E-state index contributed by atoms with van der Waals surface area (Å²) in [7, 11) is 3.84. The van der Waals surface area contributed by atoms with Gasteiger partial charge in [-0.05, 0) is 106 Å². The molecule has 0 radical (unpaired) electrons. The minimum absolute atomic E-state index is 0.00712. The molecule has 13 rings (SSSR count). The van der Waals surface area contributed by atoms with Gasteiger partial charge < -0.3 is 71.0 Å². The predicted octanol–water partition coefficient (Wildman–Crippen LogP) is 14.2. The molecular formula is C76H72F2N12O14S2. The summed E-state index contributed by atoms with van der Waals surface area (Å²) >= 11 is 2.96. The maximum atomic E-state index is 14.9. The lowest BCUT2D eigenvalue weighted by atomic mass is 10.1. The Labute approximate surface area is 613 Å². The summed E-state index contributed by atoms with van der Waals surface area (Å²) in [5.74, 6) is -7.87. The summed E-state index contributed by atoms with van der Waals surface area (Å²) in [4.78, 5) is 109. The van der Waals surface area contributed by atoms with Crippen LogP contribution in [0.4, 0.5) is 42.9 Å². The molecule has 7 heterocycles. The lowest BCUT2D eigenvalue weighted by Crippen LogP contribution is -2.39. The quantitative estimate of drug-likeness (QED) is 0.0253. The highest BCUT2D eigenvalue weighted by molar-refractivity contribution is 7.22.